The van der Waals surface area contributed by atoms with Crippen LogP contribution in [0, 0.1) is 0 Å². The van der Waals surface area contributed by atoms with Crippen molar-refractivity contribution in [1.82, 2.24) is 0 Å². The number of carbonyl (C=O) groups excluding carboxylic acids is 1. The molecule has 0 saturated carbocycles. The molecule has 0 aliphatic carbocycles. The van der Waals surface area contributed by atoms with E-state index in [4.69, 9.17) is 24.1 Å². The summed E-state index contributed by atoms with van der Waals surface area (Å²) in [7, 11) is 0. The van der Waals surface area contributed by atoms with Gasteiger partial charge in [-0.25, -0.2) is 4.79 Å². The fourth-order valence-electron chi connectivity index (χ4n) is 2.79. The van der Waals surface area contributed by atoms with Crippen molar-refractivity contribution in [3.8, 4) is 17.2 Å². The summed E-state index contributed by atoms with van der Waals surface area (Å²) in [4.78, 5) is 11.3. The molecule has 1 N–H and O–H groups in total. The van der Waals surface area contributed by atoms with Gasteiger partial charge >= 0.3 is 6.16 Å². The number of ether oxygens (including phenoxy) is 4. The molecule has 0 radical (unpaired) electrons. The molecule has 6 nitrogen and oxygen atoms in total. The van der Waals surface area contributed by atoms with Gasteiger partial charge in [0.25, 0.3) is 0 Å². The molecule has 6 heteroatoms. The molecule has 3 aromatic carbocycles. The molecule has 3 rings (SSSR count). The average molecular weight is 533 g/mol. The number of phenolic OH excluding ortho intramolecular Hbond substituents is 1. The van der Waals surface area contributed by atoms with Gasteiger partial charge in [0.15, 0.2) is 6.29 Å². The van der Waals surface area contributed by atoms with Crippen molar-refractivity contribution in [2.75, 3.05) is 6.61 Å². The summed E-state index contributed by atoms with van der Waals surface area (Å²) < 4.78 is 20.8. The average Bonchev–Trinajstić information content (AvgIpc) is 2.90. The van der Waals surface area contributed by atoms with E-state index in [1.807, 2.05) is 62.4 Å². The van der Waals surface area contributed by atoms with Gasteiger partial charge in [-0.3, -0.25) is 0 Å². The second kappa shape index (κ2) is 17.3. The number of rotatable bonds is 8. The van der Waals surface area contributed by atoms with Gasteiger partial charge in [0.2, 0.25) is 0 Å². The summed E-state index contributed by atoms with van der Waals surface area (Å²) >= 11 is 0. The first-order valence-corrected chi connectivity index (χ1v) is 12.5. The van der Waals surface area contributed by atoms with Crippen LogP contribution in [0.25, 0.3) is 18.2 Å². The third kappa shape index (κ3) is 14.9. The maximum Gasteiger partial charge on any atom is 0.514 e. The molecule has 0 saturated heterocycles. The lowest BCUT2D eigenvalue weighted by molar-refractivity contribution is -0.0613. The quantitative estimate of drug-likeness (QED) is 0.178. The lowest BCUT2D eigenvalue weighted by atomic mass is 10.2. The van der Waals surface area contributed by atoms with Crippen LogP contribution in [0.2, 0.25) is 0 Å². The molecule has 0 heterocycles. The maximum absolute atomic E-state index is 11.3. The van der Waals surface area contributed by atoms with Crippen molar-refractivity contribution >= 4 is 24.4 Å². The van der Waals surface area contributed by atoms with Crippen LogP contribution in [0.5, 0.6) is 17.2 Å². The highest BCUT2D eigenvalue weighted by Gasteiger charge is 2.17. The number of phenols is 1. The maximum atomic E-state index is 11.3. The van der Waals surface area contributed by atoms with Crippen molar-refractivity contribution in [1.29, 1.82) is 0 Å². The summed E-state index contributed by atoms with van der Waals surface area (Å²) in [5.74, 6) is 1.57. The Hall–Kier alpha value is -4.29. The lowest BCUT2D eigenvalue weighted by Gasteiger charge is -2.18. The van der Waals surface area contributed by atoms with Gasteiger partial charge in [0, 0.05) is 6.61 Å². The van der Waals surface area contributed by atoms with Gasteiger partial charge in [-0.05, 0) is 87.7 Å². The van der Waals surface area contributed by atoms with Crippen LogP contribution >= 0.6 is 0 Å². The molecular weight excluding hydrogens is 492 g/mol. The van der Waals surface area contributed by atoms with Crippen LogP contribution in [0.4, 0.5) is 4.79 Å². The monoisotopic (exact) mass is 532 g/mol. The van der Waals surface area contributed by atoms with E-state index in [9.17, 15) is 4.79 Å². The minimum atomic E-state index is -0.696. The third-order valence-corrected chi connectivity index (χ3v) is 4.65. The van der Waals surface area contributed by atoms with E-state index in [0.717, 1.165) is 22.4 Å². The number of hydrogen-bond acceptors (Lipinski definition) is 6. The predicted molar refractivity (Wildman–Crippen MR) is 160 cm³/mol. The molecule has 0 fully saturated rings. The molecule has 39 heavy (non-hydrogen) atoms. The molecule has 0 aromatic heterocycles. The fourth-order valence-corrected chi connectivity index (χ4v) is 2.79. The van der Waals surface area contributed by atoms with Crippen molar-refractivity contribution in [3.63, 3.8) is 0 Å². The Bertz CT molecular complexity index is 1140. The number of benzene rings is 3. The van der Waals surface area contributed by atoms with Crippen LogP contribution in [-0.2, 0) is 9.47 Å². The molecule has 0 spiro atoms. The zero-order valence-electron chi connectivity index (χ0n) is 23.6. The third-order valence-electron chi connectivity index (χ3n) is 4.65. The predicted octanol–water partition coefficient (Wildman–Crippen LogP) is 8.77. The Morgan fingerprint density at radius 1 is 0.795 bits per heavy atom. The molecule has 208 valence electrons. The largest absolute Gasteiger partial charge is 0.514 e. The first-order chi connectivity index (χ1) is 18.5. The van der Waals surface area contributed by atoms with Gasteiger partial charge in [-0.15, -0.1) is 0 Å². The SMILES string of the molecule is C=Cc1ccc(O)cc1.C=Cc1ccc(OC(=O)OC(C)(C)C)cc1.C=Cc1ccc(OC(C)OCC)cc1. The highest BCUT2D eigenvalue weighted by molar-refractivity contribution is 5.64. The van der Waals surface area contributed by atoms with E-state index < -0.39 is 11.8 Å². The minimum Gasteiger partial charge on any atom is -0.508 e. The van der Waals surface area contributed by atoms with E-state index in [0.29, 0.717) is 18.1 Å². The summed E-state index contributed by atoms with van der Waals surface area (Å²) in [5, 5.41) is 8.82. The Morgan fingerprint density at radius 3 is 1.59 bits per heavy atom. The number of hydrogen-bond donors (Lipinski definition) is 1. The molecule has 1 atom stereocenters. The van der Waals surface area contributed by atoms with Gasteiger partial charge < -0.3 is 24.1 Å². The van der Waals surface area contributed by atoms with Crippen LogP contribution < -0.4 is 9.47 Å². The van der Waals surface area contributed by atoms with Crippen molar-refractivity contribution in [2.45, 2.75) is 46.5 Å². The van der Waals surface area contributed by atoms with Crippen molar-refractivity contribution in [3.05, 3.63) is 109 Å². The fraction of sp³-hybridized carbons (Fsp3) is 0.242. The van der Waals surface area contributed by atoms with Crippen LogP contribution in [0.15, 0.2) is 92.5 Å². The second-order valence-corrected chi connectivity index (χ2v) is 9.05. The normalized spacial score (nSPS) is 10.8. The first kappa shape index (κ1) is 32.7. The summed E-state index contributed by atoms with van der Waals surface area (Å²) in [6, 6.07) is 21.6. The molecule has 0 amide bonds. The van der Waals surface area contributed by atoms with E-state index in [1.165, 1.54) is 0 Å². The zero-order valence-corrected chi connectivity index (χ0v) is 23.6. The minimum absolute atomic E-state index is 0.199. The molecule has 0 aliphatic rings. The van der Waals surface area contributed by atoms with Crippen LogP contribution in [0.1, 0.15) is 51.3 Å². The highest BCUT2D eigenvalue weighted by atomic mass is 16.7. The van der Waals surface area contributed by atoms with Gasteiger partial charge in [0.05, 0.1) is 0 Å². The Morgan fingerprint density at radius 2 is 1.21 bits per heavy atom. The lowest BCUT2D eigenvalue weighted by Crippen LogP contribution is -2.25. The molecule has 3 aromatic rings. The van der Waals surface area contributed by atoms with E-state index in [1.54, 1.807) is 63.3 Å². The summed E-state index contributed by atoms with van der Waals surface area (Å²) in [5.41, 5.74) is 2.53. The van der Waals surface area contributed by atoms with E-state index in [2.05, 4.69) is 19.7 Å². The Balaban J connectivity index is 0.000000303. The van der Waals surface area contributed by atoms with E-state index in [-0.39, 0.29) is 6.29 Å². The molecule has 1 unspecified atom stereocenters. The summed E-state index contributed by atoms with van der Waals surface area (Å²) in [6.45, 7) is 20.7. The molecular formula is C33H40O6. The van der Waals surface area contributed by atoms with Crippen molar-refractivity contribution < 1.29 is 28.8 Å². The molecule has 0 bridgehead atoms. The van der Waals surface area contributed by atoms with Gasteiger partial charge in [-0.2, -0.15) is 0 Å². The summed E-state index contributed by atoms with van der Waals surface area (Å²) in [6.07, 6.45) is 4.36. The Labute approximate surface area is 232 Å². The molecule has 0 aliphatic heterocycles. The van der Waals surface area contributed by atoms with Crippen LogP contribution in [-0.4, -0.2) is 29.8 Å². The highest BCUT2D eigenvalue weighted by Crippen LogP contribution is 2.16. The Kier molecular flexibility index (Phi) is 14.5. The number of carbonyl (C=O) groups is 1. The van der Waals surface area contributed by atoms with Gasteiger partial charge in [-0.1, -0.05) is 74.4 Å². The topological polar surface area (TPSA) is 74.2 Å². The van der Waals surface area contributed by atoms with Crippen molar-refractivity contribution in [2.24, 2.45) is 0 Å². The smallest absolute Gasteiger partial charge is 0.508 e. The van der Waals surface area contributed by atoms with Gasteiger partial charge in [0.1, 0.15) is 22.8 Å². The zero-order chi connectivity index (χ0) is 29.3. The van der Waals surface area contributed by atoms with Crippen LogP contribution in [0.3, 0.4) is 0 Å². The van der Waals surface area contributed by atoms with E-state index >= 15 is 0 Å². The number of aromatic hydroxyl groups is 1. The first-order valence-electron chi connectivity index (χ1n) is 12.5. The second-order valence-electron chi connectivity index (χ2n) is 9.05. The standard InChI is InChI=1S/C13H16O3.C12H16O2.C8H8O/c1-5-10-6-8-11(9-7-10)15-12(14)16-13(2,3)4;1-4-11-6-8-12(9-7-11)14-10(3)13-5-2;1-2-7-3-5-8(9)6-4-7/h5-9H,1H2,2-4H3;4,6-10H,1,5H2,2-3H3;2-6,9H,1H2.